The Hall–Kier alpha value is -2.67. The summed E-state index contributed by atoms with van der Waals surface area (Å²) in [6.07, 6.45) is 5.78. The molecule has 0 aliphatic heterocycles. The van der Waals surface area contributed by atoms with Crippen molar-refractivity contribution in [2.24, 2.45) is 0 Å². The fourth-order valence-electron chi connectivity index (χ4n) is 3.09. The molecule has 1 saturated carbocycles. The molecular weight excluding hydrogens is 376 g/mol. The zero-order chi connectivity index (χ0) is 20.3. The maximum absolute atomic E-state index is 12.4. The number of hydrogen-bond donors (Lipinski definition) is 2. The number of pyridine rings is 1. The summed E-state index contributed by atoms with van der Waals surface area (Å²) in [4.78, 5) is 26.7. The van der Waals surface area contributed by atoms with E-state index >= 15 is 0 Å². The molecule has 1 aliphatic rings. The van der Waals surface area contributed by atoms with Gasteiger partial charge in [-0.05, 0) is 48.9 Å². The first kappa shape index (κ1) is 20.1. The van der Waals surface area contributed by atoms with Crippen molar-refractivity contribution in [2.75, 3.05) is 12.8 Å². The molecule has 2 N–H and O–H groups in total. The zero-order valence-corrected chi connectivity index (χ0v) is 16.8. The largest absolute Gasteiger partial charge is 0.356 e. The third-order valence-electron chi connectivity index (χ3n) is 4.71. The first-order chi connectivity index (χ1) is 13.3. The molecule has 0 saturated heterocycles. The predicted octanol–water partition coefficient (Wildman–Crippen LogP) is 2.61. The van der Waals surface area contributed by atoms with Crippen LogP contribution < -0.4 is 10.9 Å². The number of carbonyl (C=O) groups is 1. The van der Waals surface area contributed by atoms with E-state index in [1.54, 1.807) is 24.3 Å². The second-order valence-electron chi connectivity index (χ2n) is 7.12. The van der Waals surface area contributed by atoms with Gasteiger partial charge in [0.1, 0.15) is 0 Å². The first-order valence-corrected chi connectivity index (χ1v) is 11.1. The van der Waals surface area contributed by atoms with E-state index in [9.17, 15) is 18.0 Å². The average Bonchev–Trinajstić information content (AvgIpc) is 3.46. The lowest BCUT2D eigenvalue weighted by molar-refractivity contribution is -0.118. The Morgan fingerprint density at radius 3 is 2.39 bits per heavy atom. The van der Waals surface area contributed by atoms with E-state index in [0.29, 0.717) is 24.6 Å². The van der Waals surface area contributed by atoms with Gasteiger partial charge in [0.05, 0.1) is 4.90 Å². The number of nitrogens with one attached hydrogen (secondary N) is 2. The van der Waals surface area contributed by atoms with Gasteiger partial charge < -0.3 is 10.3 Å². The summed E-state index contributed by atoms with van der Waals surface area (Å²) in [5.41, 5.74) is 2.99. The Morgan fingerprint density at radius 1 is 1.18 bits per heavy atom. The molecule has 0 bridgehead atoms. The normalized spacial score (nSPS) is 14.7. The van der Waals surface area contributed by atoms with E-state index in [0.717, 1.165) is 29.5 Å². The fourth-order valence-corrected chi connectivity index (χ4v) is 3.72. The second-order valence-corrected chi connectivity index (χ2v) is 9.13. The molecule has 3 rings (SSSR count). The van der Waals surface area contributed by atoms with Gasteiger partial charge in [-0.15, -0.1) is 0 Å². The van der Waals surface area contributed by atoms with E-state index < -0.39 is 9.84 Å². The zero-order valence-electron chi connectivity index (χ0n) is 16.0. The molecule has 0 spiro atoms. The van der Waals surface area contributed by atoms with Crippen LogP contribution in [0.3, 0.4) is 0 Å². The first-order valence-electron chi connectivity index (χ1n) is 9.24. The molecule has 7 heteroatoms. The van der Waals surface area contributed by atoms with Crippen molar-refractivity contribution >= 4 is 21.3 Å². The lowest BCUT2D eigenvalue weighted by atomic mass is 10.00. The molecule has 1 fully saturated rings. The highest BCUT2D eigenvalue weighted by Gasteiger charge is 2.26. The number of amides is 1. The number of benzene rings is 1. The van der Waals surface area contributed by atoms with Crippen LogP contribution in [0.25, 0.3) is 5.57 Å². The summed E-state index contributed by atoms with van der Waals surface area (Å²) in [5, 5.41) is 2.74. The standard InChI is InChI=1S/C21H24N2O4S/c1-14(24)22-13-3-4-18(15-7-9-17(10-8-15)28(2,26)27)20-12-11-19(16-5-6-16)21(25)23-20/h4,7-12,16H,3,5-6,13H2,1-2H3,(H,22,24)(H,23,25). The molecule has 148 valence electrons. The van der Waals surface area contributed by atoms with Crippen LogP contribution in [0.1, 0.15) is 48.9 Å². The Bertz CT molecular complexity index is 1060. The average molecular weight is 401 g/mol. The summed E-state index contributed by atoms with van der Waals surface area (Å²) in [6.45, 7) is 1.94. The number of aromatic amines is 1. The third kappa shape index (κ3) is 4.98. The Morgan fingerprint density at radius 2 is 1.86 bits per heavy atom. The molecule has 0 radical (unpaired) electrons. The van der Waals surface area contributed by atoms with Crippen LogP contribution in [-0.2, 0) is 14.6 Å². The van der Waals surface area contributed by atoms with Crippen LogP contribution in [0.2, 0.25) is 0 Å². The molecule has 28 heavy (non-hydrogen) atoms. The van der Waals surface area contributed by atoms with E-state index in [1.165, 1.54) is 13.2 Å². The number of hydrogen-bond acceptors (Lipinski definition) is 4. The van der Waals surface area contributed by atoms with Crippen molar-refractivity contribution in [3.8, 4) is 0 Å². The number of aromatic nitrogens is 1. The van der Waals surface area contributed by atoms with Gasteiger partial charge in [0, 0.05) is 36.6 Å². The molecule has 1 aliphatic carbocycles. The van der Waals surface area contributed by atoms with Crippen molar-refractivity contribution in [3.63, 3.8) is 0 Å². The van der Waals surface area contributed by atoms with Gasteiger partial charge in [0.25, 0.3) is 5.56 Å². The molecular formula is C21H24N2O4S. The van der Waals surface area contributed by atoms with Crippen LogP contribution in [0.15, 0.2) is 52.2 Å². The van der Waals surface area contributed by atoms with Crippen LogP contribution in [0.5, 0.6) is 0 Å². The van der Waals surface area contributed by atoms with Gasteiger partial charge in [-0.2, -0.15) is 0 Å². The summed E-state index contributed by atoms with van der Waals surface area (Å²) >= 11 is 0. The van der Waals surface area contributed by atoms with E-state index in [1.807, 2.05) is 18.2 Å². The number of H-pyrrole nitrogens is 1. The Labute approximate surface area is 164 Å². The third-order valence-corrected chi connectivity index (χ3v) is 5.84. The minimum absolute atomic E-state index is 0.0829. The maximum Gasteiger partial charge on any atom is 0.251 e. The lowest BCUT2D eigenvalue weighted by Gasteiger charge is -2.11. The number of sulfone groups is 1. The Balaban J connectivity index is 1.95. The van der Waals surface area contributed by atoms with Crippen molar-refractivity contribution < 1.29 is 13.2 Å². The minimum Gasteiger partial charge on any atom is -0.356 e. The van der Waals surface area contributed by atoms with Gasteiger partial charge in [-0.25, -0.2) is 8.42 Å². The SMILES string of the molecule is CC(=O)NCCC=C(c1ccc(S(C)(=O)=O)cc1)c1ccc(C2CC2)c(=O)[nH]1. The summed E-state index contributed by atoms with van der Waals surface area (Å²) in [5.74, 6) is 0.258. The summed E-state index contributed by atoms with van der Waals surface area (Å²) in [7, 11) is -3.28. The maximum atomic E-state index is 12.4. The van der Waals surface area contributed by atoms with Crippen LogP contribution in [0.4, 0.5) is 0 Å². The van der Waals surface area contributed by atoms with Gasteiger partial charge in [-0.1, -0.05) is 24.3 Å². The second kappa shape index (κ2) is 8.14. The monoisotopic (exact) mass is 400 g/mol. The van der Waals surface area contributed by atoms with Gasteiger partial charge >= 0.3 is 0 Å². The highest BCUT2D eigenvalue weighted by atomic mass is 32.2. The van der Waals surface area contributed by atoms with Gasteiger partial charge in [-0.3, -0.25) is 9.59 Å². The molecule has 2 aromatic rings. The minimum atomic E-state index is -3.28. The predicted molar refractivity (Wildman–Crippen MR) is 109 cm³/mol. The molecule has 1 aromatic heterocycles. The van der Waals surface area contributed by atoms with E-state index in [4.69, 9.17) is 0 Å². The van der Waals surface area contributed by atoms with Crippen molar-refractivity contribution in [3.05, 3.63) is 69.6 Å². The summed E-state index contributed by atoms with van der Waals surface area (Å²) in [6, 6.07) is 10.3. The molecule has 1 aromatic carbocycles. The highest BCUT2D eigenvalue weighted by Crippen LogP contribution is 2.38. The fraction of sp³-hybridized carbons (Fsp3) is 0.333. The molecule has 6 nitrogen and oxygen atoms in total. The molecule has 1 amide bonds. The smallest absolute Gasteiger partial charge is 0.251 e. The lowest BCUT2D eigenvalue weighted by Crippen LogP contribution is -2.20. The number of carbonyl (C=O) groups excluding carboxylic acids is 1. The highest BCUT2D eigenvalue weighted by molar-refractivity contribution is 7.90. The van der Waals surface area contributed by atoms with Crippen molar-refractivity contribution in [1.29, 1.82) is 0 Å². The van der Waals surface area contributed by atoms with Crippen molar-refractivity contribution in [1.82, 2.24) is 10.3 Å². The molecule has 0 atom stereocenters. The molecule has 1 heterocycles. The van der Waals surface area contributed by atoms with Gasteiger partial charge in [0.2, 0.25) is 5.91 Å². The van der Waals surface area contributed by atoms with Crippen LogP contribution >= 0.6 is 0 Å². The Kier molecular flexibility index (Phi) is 5.84. The van der Waals surface area contributed by atoms with Gasteiger partial charge in [0.15, 0.2) is 9.84 Å². The van der Waals surface area contributed by atoms with Crippen molar-refractivity contribution in [2.45, 2.75) is 37.0 Å². The summed E-state index contributed by atoms with van der Waals surface area (Å²) < 4.78 is 23.4. The number of rotatable bonds is 7. The van der Waals surface area contributed by atoms with E-state index in [-0.39, 0.29) is 16.4 Å². The molecule has 0 unspecified atom stereocenters. The van der Waals surface area contributed by atoms with Crippen LogP contribution in [-0.4, -0.2) is 32.1 Å². The topological polar surface area (TPSA) is 96.1 Å². The van der Waals surface area contributed by atoms with E-state index in [2.05, 4.69) is 10.3 Å². The van der Waals surface area contributed by atoms with Crippen LogP contribution in [0, 0.1) is 0 Å². The quantitative estimate of drug-likeness (QED) is 0.698.